The summed E-state index contributed by atoms with van der Waals surface area (Å²) in [5, 5.41) is 21.3. The second kappa shape index (κ2) is 8.55. The Kier molecular flexibility index (Phi) is 5.64. The molecule has 0 aliphatic carbocycles. The van der Waals surface area contributed by atoms with Crippen LogP contribution in [-0.2, 0) is 16.1 Å². The number of aryl methyl sites for hydroxylation is 1. The van der Waals surface area contributed by atoms with E-state index < -0.39 is 17.7 Å². The molecular formula is C25H22N2O5. The van der Waals surface area contributed by atoms with Gasteiger partial charge in [-0.3, -0.25) is 14.6 Å². The predicted molar refractivity (Wildman–Crippen MR) is 118 cm³/mol. The number of carbonyl (C=O) groups is 2. The van der Waals surface area contributed by atoms with Crippen molar-refractivity contribution in [1.29, 1.82) is 0 Å². The van der Waals surface area contributed by atoms with Crippen molar-refractivity contribution in [3.8, 4) is 11.5 Å². The smallest absolute Gasteiger partial charge is 0.296 e. The topological polar surface area (TPSA) is 100.0 Å². The van der Waals surface area contributed by atoms with Crippen molar-refractivity contribution in [3.63, 3.8) is 0 Å². The van der Waals surface area contributed by atoms with Crippen LogP contribution < -0.4 is 4.74 Å². The number of aromatic hydroxyl groups is 1. The lowest BCUT2D eigenvalue weighted by molar-refractivity contribution is -0.140. The zero-order valence-electron chi connectivity index (χ0n) is 17.6. The van der Waals surface area contributed by atoms with E-state index in [1.54, 1.807) is 48.7 Å². The van der Waals surface area contributed by atoms with Crippen molar-refractivity contribution >= 4 is 17.4 Å². The van der Waals surface area contributed by atoms with Gasteiger partial charge in [0, 0.05) is 6.20 Å². The van der Waals surface area contributed by atoms with Crippen molar-refractivity contribution in [2.24, 2.45) is 0 Å². The van der Waals surface area contributed by atoms with Crippen molar-refractivity contribution < 1.29 is 24.5 Å². The lowest BCUT2D eigenvalue weighted by Gasteiger charge is -2.25. The second-order valence-electron chi connectivity index (χ2n) is 7.55. The molecule has 1 aliphatic heterocycles. The van der Waals surface area contributed by atoms with Gasteiger partial charge in [-0.05, 0) is 48.9 Å². The number of aromatic nitrogens is 1. The summed E-state index contributed by atoms with van der Waals surface area (Å²) in [4.78, 5) is 31.8. The SMILES string of the molecule is COc1ccc(C)cc1/C(O)=C1\C(=O)C(=O)N(Cc2ccccn2)C1c1cccc(O)c1. The van der Waals surface area contributed by atoms with Gasteiger partial charge in [0.05, 0.1) is 36.5 Å². The third kappa shape index (κ3) is 3.80. The van der Waals surface area contributed by atoms with Gasteiger partial charge < -0.3 is 19.8 Å². The second-order valence-corrected chi connectivity index (χ2v) is 7.55. The average Bonchev–Trinajstić information content (AvgIpc) is 3.04. The number of methoxy groups -OCH3 is 1. The summed E-state index contributed by atoms with van der Waals surface area (Å²) in [6.45, 7) is 1.91. The molecule has 0 spiro atoms. The number of hydrogen-bond donors (Lipinski definition) is 2. The van der Waals surface area contributed by atoms with E-state index >= 15 is 0 Å². The Balaban J connectivity index is 1.92. The molecule has 4 rings (SSSR count). The summed E-state index contributed by atoms with van der Waals surface area (Å²) < 4.78 is 5.37. The number of nitrogens with zero attached hydrogens (tertiary/aromatic N) is 2. The van der Waals surface area contributed by atoms with Gasteiger partial charge in [0.2, 0.25) is 0 Å². The third-order valence-electron chi connectivity index (χ3n) is 5.39. The van der Waals surface area contributed by atoms with Gasteiger partial charge in [0.15, 0.2) is 0 Å². The van der Waals surface area contributed by atoms with Crippen LogP contribution >= 0.6 is 0 Å². The lowest BCUT2D eigenvalue weighted by atomic mass is 9.94. The van der Waals surface area contributed by atoms with Crippen LogP contribution in [-0.4, -0.2) is 38.9 Å². The minimum Gasteiger partial charge on any atom is -0.508 e. The van der Waals surface area contributed by atoms with Gasteiger partial charge in [-0.2, -0.15) is 0 Å². The van der Waals surface area contributed by atoms with Crippen LogP contribution in [0.1, 0.15) is 28.4 Å². The highest BCUT2D eigenvalue weighted by molar-refractivity contribution is 6.46. The number of ether oxygens (including phenoxy) is 1. The van der Waals surface area contributed by atoms with E-state index in [0.717, 1.165) is 5.56 Å². The van der Waals surface area contributed by atoms with Crippen LogP contribution in [0.3, 0.4) is 0 Å². The largest absolute Gasteiger partial charge is 0.508 e. The summed E-state index contributed by atoms with van der Waals surface area (Å²) in [7, 11) is 1.47. The number of pyridine rings is 1. The van der Waals surface area contributed by atoms with Gasteiger partial charge in [-0.15, -0.1) is 0 Å². The number of phenolic OH excluding ortho intramolecular Hbond substituents is 1. The van der Waals surface area contributed by atoms with Crippen LogP contribution in [0, 0.1) is 6.92 Å². The summed E-state index contributed by atoms with van der Waals surface area (Å²) in [6.07, 6.45) is 1.60. The van der Waals surface area contributed by atoms with E-state index in [0.29, 0.717) is 22.6 Å². The van der Waals surface area contributed by atoms with Crippen molar-refractivity contribution in [2.75, 3.05) is 7.11 Å². The van der Waals surface area contributed by atoms with Crippen LogP contribution in [0.4, 0.5) is 0 Å². The van der Waals surface area contributed by atoms with Crippen molar-refractivity contribution in [3.05, 3.63) is 94.8 Å². The number of benzene rings is 2. The number of aliphatic hydroxyl groups excluding tert-OH is 1. The highest BCUT2D eigenvalue weighted by Gasteiger charge is 2.46. The Bertz CT molecular complexity index is 1220. The quantitative estimate of drug-likeness (QED) is 0.364. The van der Waals surface area contributed by atoms with E-state index in [9.17, 15) is 19.8 Å². The Morgan fingerprint density at radius 1 is 1.09 bits per heavy atom. The molecule has 2 N–H and O–H groups in total. The molecule has 1 unspecified atom stereocenters. The minimum atomic E-state index is -0.908. The molecule has 3 aromatic rings. The van der Waals surface area contributed by atoms with Gasteiger partial charge in [0.1, 0.15) is 17.3 Å². The average molecular weight is 430 g/mol. The highest BCUT2D eigenvalue weighted by Crippen LogP contribution is 2.42. The number of Topliss-reactive ketones (excluding diaryl/α,β-unsaturated/α-hetero) is 1. The number of hydrogen-bond acceptors (Lipinski definition) is 6. The zero-order chi connectivity index (χ0) is 22.8. The van der Waals surface area contributed by atoms with Crippen LogP contribution in [0.5, 0.6) is 11.5 Å². The first kappa shape index (κ1) is 21.1. The maximum absolute atomic E-state index is 13.1. The summed E-state index contributed by atoms with van der Waals surface area (Å²) in [6, 6.07) is 15.9. The van der Waals surface area contributed by atoms with Crippen molar-refractivity contribution in [1.82, 2.24) is 9.88 Å². The molecule has 1 saturated heterocycles. The minimum absolute atomic E-state index is 0.0148. The molecule has 7 heteroatoms. The highest BCUT2D eigenvalue weighted by atomic mass is 16.5. The predicted octanol–water partition coefficient (Wildman–Crippen LogP) is 3.73. The molecule has 0 bridgehead atoms. The Morgan fingerprint density at radius 2 is 1.91 bits per heavy atom. The number of likely N-dealkylation sites (tertiary alicyclic amines) is 1. The van der Waals surface area contributed by atoms with Gasteiger partial charge >= 0.3 is 0 Å². The lowest BCUT2D eigenvalue weighted by Crippen LogP contribution is -2.29. The molecule has 2 aromatic carbocycles. The summed E-state index contributed by atoms with van der Waals surface area (Å²) in [5.41, 5.74) is 2.18. The molecule has 7 nitrogen and oxygen atoms in total. The monoisotopic (exact) mass is 430 g/mol. The first-order valence-electron chi connectivity index (χ1n) is 10.0. The molecule has 1 atom stereocenters. The standard InChI is InChI=1S/C25H22N2O5/c1-15-9-10-20(32-2)19(12-15)23(29)21-22(16-6-5-8-18(28)13-16)27(25(31)24(21)30)14-17-7-3-4-11-26-17/h3-13,22,28-29H,14H2,1-2H3/b23-21+. The Hall–Kier alpha value is -4.13. The molecule has 1 amide bonds. The maximum Gasteiger partial charge on any atom is 0.296 e. The molecule has 0 radical (unpaired) electrons. The summed E-state index contributed by atoms with van der Waals surface area (Å²) in [5.74, 6) is -1.54. The van der Waals surface area contributed by atoms with Crippen LogP contribution in [0.25, 0.3) is 5.76 Å². The molecule has 32 heavy (non-hydrogen) atoms. The first-order chi connectivity index (χ1) is 15.4. The molecule has 162 valence electrons. The van der Waals surface area contributed by atoms with E-state index in [2.05, 4.69) is 4.98 Å². The van der Waals surface area contributed by atoms with E-state index in [4.69, 9.17) is 4.74 Å². The van der Waals surface area contributed by atoms with Crippen LogP contribution in [0.15, 0.2) is 72.4 Å². The zero-order valence-corrected chi connectivity index (χ0v) is 17.6. The molecule has 1 aromatic heterocycles. The number of ketones is 1. The molecule has 1 aliphatic rings. The van der Waals surface area contributed by atoms with Crippen LogP contribution in [0.2, 0.25) is 0 Å². The number of rotatable bonds is 5. The van der Waals surface area contributed by atoms with Gasteiger partial charge in [0.25, 0.3) is 11.7 Å². The van der Waals surface area contributed by atoms with E-state index in [1.807, 2.05) is 13.0 Å². The normalized spacial score (nSPS) is 17.6. The van der Waals surface area contributed by atoms with Crippen molar-refractivity contribution in [2.45, 2.75) is 19.5 Å². The number of aliphatic hydroxyl groups is 1. The number of carbonyl (C=O) groups excluding carboxylic acids is 2. The number of amides is 1. The van der Waals surface area contributed by atoms with Gasteiger partial charge in [-0.1, -0.05) is 29.8 Å². The molecular weight excluding hydrogens is 408 g/mol. The van der Waals surface area contributed by atoms with E-state index in [-0.39, 0.29) is 23.6 Å². The van der Waals surface area contributed by atoms with E-state index in [1.165, 1.54) is 24.1 Å². The number of phenols is 1. The Morgan fingerprint density at radius 3 is 2.59 bits per heavy atom. The molecule has 1 fully saturated rings. The summed E-state index contributed by atoms with van der Waals surface area (Å²) >= 11 is 0. The molecule has 0 saturated carbocycles. The molecule has 2 heterocycles. The fourth-order valence-corrected chi connectivity index (χ4v) is 3.90. The fraction of sp³-hybridized carbons (Fsp3) is 0.160. The Labute approximate surface area is 185 Å². The fourth-order valence-electron chi connectivity index (χ4n) is 3.90. The maximum atomic E-state index is 13.1. The first-order valence-corrected chi connectivity index (χ1v) is 10.0. The van der Waals surface area contributed by atoms with Gasteiger partial charge in [-0.25, -0.2) is 0 Å². The third-order valence-corrected chi connectivity index (χ3v) is 5.39.